The highest BCUT2D eigenvalue weighted by molar-refractivity contribution is 7.89. The van der Waals surface area contributed by atoms with Crippen LogP contribution in [0.15, 0.2) is 23.1 Å². The Morgan fingerprint density at radius 3 is 2.17 bits per heavy atom. The van der Waals surface area contributed by atoms with Crippen molar-refractivity contribution in [2.24, 2.45) is 5.92 Å². The molecule has 0 spiro atoms. The molecule has 7 heteroatoms. The summed E-state index contributed by atoms with van der Waals surface area (Å²) in [5.41, 5.74) is 0. The molecule has 2 rings (SSSR count). The third kappa shape index (κ3) is 4.37. The lowest BCUT2D eigenvalue weighted by molar-refractivity contribution is 0.268. The van der Waals surface area contributed by atoms with Crippen LogP contribution in [0.1, 0.15) is 19.8 Å². The van der Waals surface area contributed by atoms with Crippen LogP contribution in [0.4, 0.5) is 0 Å². The zero-order valence-corrected chi connectivity index (χ0v) is 14.9. The third-order valence-corrected chi connectivity index (χ3v) is 6.10. The molecule has 1 fully saturated rings. The molecule has 0 aromatic heterocycles. The molecule has 0 bridgehead atoms. The summed E-state index contributed by atoms with van der Waals surface area (Å²) >= 11 is 0. The molecule has 1 aliphatic rings. The summed E-state index contributed by atoms with van der Waals surface area (Å²) in [6, 6.07) is 4.76. The summed E-state index contributed by atoms with van der Waals surface area (Å²) in [7, 11) is -0.496. The Balaban J connectivity index is 2.13. The van der Waals surface area contributed by atoms with Crippen LogP contribution in [0.5, 0.6) is 11.5 Å². The molecular weight excluding hydrogens is 316 g/mol. The molecule has 1 aromatic carbocycles. The molecule has 23 heavy (non-hydrogen) atoms. The van der Waals surface area contributed by atoms with Crippen molar-refractivity contribution in [1.82, 2.24) is 9.62 Å². The van der Waals surface area contributed by atoms with Crippen LogP contribution in [0.3, 0.4) is 0 Å². The maximum absolute atomic E-state index is 12.8. The van der Waals surface area contributed by atoms with E-state index in [1.54, 1.807) is 22.5 Å². The number of sulfonamides is 1. The Hall–Kier alpha value is -1.31. The second kappa shape index (κ2) is 7.99. The van der Waals surface area contributed by atoms with E-state index in [4.69, 9.17) is 9.47 Å². The Morgan fingerprint density at radius 1 is 1.13 bits per heavy atom. The lowest BCUT2D eigenvalue weighted by atomic mass is 9.98. The summed E-state index contributed by atoms with van der Waals surface area (Å²) < 4.78 is 37.6. The van der Waals surface area contributed by atoms with Gasteiger partial charge in [0.2, 0.25) is 10.0 Å². The molecule has 0 atom stereocenters. The first-order valence-electron chi connectivity index (χ1n) is 7.95. The van der Waals surface area contributed by atoms with Gasteiger partial charge in [0.25, 0.3) is 0 Å². The number of piperidine rings is 1. The number of hydrogen-bond acceptors (Lipinski definition) is 5. The van der Waals surface area contributed by atoms with Crippen molar-refractivity contribution >= 4 is 10.0 Å². The number of hydrogen-bond donors (Lipinski definition) is 1. The minimum Gasteiger partial charge on any atom is -0.497 e. The number of ether oxygens (including phenoxy) is 2. The predicted molar refractivity (Wildman–Crippen MR) is 89.6 cm³/mol. The second-order valence-corrected chi connectivity index (χ2v) is 7.64. The molecule has 1 N–H and O–H groups in total. The van der Waals surface area contributed by atoms with Crippen LogP contribution in [0.2, 0.25) is 0 Å². The Bertz CT molecular complexity index is 588. The van der Waals surface area contributed by atoms with Gasteiger partial charge in [0.1, 0.15) is 11.5 Å². The maximum Gasteiger partial charge on any atom is 0.243 e. The first-order valence-corrected chi connectivity index (χ1v) is 9.39. The number of nitrogens with one attached hydrogen (secondary N) is 1. The van der Waals surface area contributed by atoms with Crippen molar-refractivity contribution in [2.45, 2.75) is 24.7 Å². The van der Waals surface area contributed by atoms with Crippen LogP contribution in [-0.2, 0) is 10.0 Å². The molecule has 1 aliphatic heterocycles. The van der Waals surface area contributed by atoms with E-state index in [1.165, 1.54) is 14.2 Å². The fourth-order valence-electron chi connectivity index (χ4n) is 2.78. The maximum atomic E-state index is 12.8. The van der Waals surface area contributed by atoms with Crippen molar-refractivity contribution in [3.8, 4) is 11.5 Å². The van der Waals surface area contributed by atoms with E-state index in [0.717, 1.165) is 25.9 Å². The highest BCUT2D eigenvalue weighted by Crippen LogP contribution is 2.29. The van der Waals surface area contributed by atoms with Crippen molar-refractivity contribution in [3.63, 3.8) is 0 Å². The van der Waals surface area contributed by atoms with Crippen LogP contribution in [0, 0.1) is 5.92 Å². The smallest absolute Gasteiger partial charge is 0.243 e. The number of benzene rings is 1. The molecule has 6 nitrogen and oxygen atoms in total. The van der Waals surface area contributed by atoms with Crippen LogP contribution >= 0.6 is 0 Å². The van der Waals surface area contributed by atoms with Gasteiger partial charge in [-0.3, -0.25) is 0 Å². The number of nitrogens with zero attached hydrogens (tertiary/aromatic N) is 1. The van der Waals surface area contributed by atoms with E-state index in [1.807, 2.05) is 0 Å². The number of rotatable bonds is 7. The van der Waals surface area contributed by atoms with Crippen molar-refractivity contribution in [1.29, 1.82) is 0 Å². The fourth-order valence-corrected chi connectivity index (χ4v) is 4.30. The van der Waals surface area contributed by atoms with Crippen LogP contribution < -0.4 is 14.8 Å². The largest absolute Gasteiger partial charge is 0.497 e. The zero-order chi connectivity index (χ0) is 16.9. The van der Waals surface area contributed by atoms with E-state index in [9.17, 15) is 8.42 Å². The van der Waals surface area contributed by atoms with Gasteiger partial charge >= 0.3 is 0 Å². The molecular formula is C16H26N2O4S. The van der Waals surface area contributed by atoms with Crippen molar-refractivity contribution in [3.05, 3.63) is 18.2 Å². The highest BCUT2D eigenvalue weighted by atomic mass is 32.2. The van der Waals surface area contributed by atoms with Crippen molar-refractivity contribution in [2.75, 3.05) is 40.4 Å². The average Bonchev–Trinajstić information content (AvgIpc) is 2.59. The second-order valence-electron chi connectivity index (χ2n) is 5.70. The molecule has 0 aliphatic carbocycles. The van der Waals surface area contributed by atoms with Gasteiger partial charge in [0.05, 0.1) is 19.1 Å². The molecule has 1 heterocycles. The normalized spacial score (nSPS) is 17.2. The molecule has 1 aromatic rings. The Kier molecular flexibility index (Phi) is 6.26. The summed E-state index contributed by atoms with van der Waals surface area (Å²) in [6.07, 6.45) is 1.76. The molecule has 130 valence electrons. The Labute approximate surface area is 138 Å². The minimum absolute atomic E-state index is 0.221. The Morgan fingerprint density at radius 2 is 1.70 bits per heavy atom. The van der Waals surface area contributed by atoms with Gasteiger partial charge in [0, 0.05) is 31.3 Å². The van der Waals surface area contributed by atoms with Gasteiger partial charge in [0.15, 0.2) is 0 Å². The van der Waals surface area contributed by atoms with Crippen LogP contribution in [0.25, 0.3) is 0 Å². The molecule has 0 radical (unpaired) electrons. The number of methoxy groups -OCH3 is 2. The van der Waals surface area contributed by atoms with Gasteiger partial charge in [-0.15, -0.1) is 0 Å². The van der Waals surface area contributed by atoms with E-state index in [0.29, 0.717) is 30.5 Å². The lowest BCUT2D eigenvalue weighted by Gasteiger charge is -2.31. The van der Waals surface area contributed by atoms with E-state index < -0.39 is 10.0 Å². The van der Waals surface area contributed by atoms with E-state index >= 15 is 0 Å². The summed E-state index contributed by atoms with van der Waals surface area (Å²) in [6.45, 7) is 5.09. The van der Waals surface area contributed by atoms with Gasteiger partial charge in [-0.25, -0.2) is 8.42 Å². The molecule has 0 saturated carbocycles. The first-order chi connectivity index (χ1) is 11.0. The lowest BCUT2D eigenvalue weighted by Crippen LogP contribution is -2.40. The predicted octanol–water partition coefficient (Wildman–Crippen LogP) is 1.71. The topological polar surface area (TPSA) is 67.9 Å². The third-order valence-electron chi connectivity index (χ3n) is 4.22. The van der Waals surface area contributed by atoms with Gasteiger partial charge in [-0.2, -0.15) is 4.31 Å². The minimum atomic E-state index is -3.52. The zero-order valence-electron chi connectivity index (χ0n) is 14.0. The van der Waals surface area contributed by atoms with E-state index in [-0.39, 0.29) is 4.90 Å². The van der Waals surface area contributed by atoms with E-state index in [2.05, 4.69) is 12.2 Å². The molecule has 1 saturated heterocycles. The molecule has 0 unspecified atom stereocenters. The van der Waals surface area contributed by atoms with Gasteiger partial charge in [-0.05, 0) is 31.8 Å². The highest BCUT2D eigenvalue weighted by Gasteiger charge is 2.30. The van der Waals surface area contributed by atoms with Gasteiger partial charge in [-0.1, -0.05) is 6.92 Å². The monoisotopic (exact) mass is 342 g/mol. The van der Waals surface area contributed by atoms with Crippen molar-refractivity contribution < 1.29 is 17.9 Å². The summed E-state index contributed by atoms with van der Waals surface area (Å²) in [5, 5.41) is 3.33. The fraction of sp³-hybridized carbons (Fsp3) is 0.625. The summed E-state index contributed by atoms with van der Waals surface area (Å²) in [4.78, 5) is 0.221. The van der Waals surface area contributed by atoms with Gasteiger partial charge < -0.3 is 14.8 Å². The summed E-state index contributed by atoms with van der Waals surface area (Å²) in [5.74, 6) is 1.50. The SMILES string of the molecule is CCNCC1CCN(S(=O)(=O)c2cc(OC)cc(OC)c2)CC1. The quantitative estimate of drug-likeness (QED) is 0.817. The molecule has 0 amide bonds. The average molecular weight is 342 g/mol. The standard InChI is InChI=1S/C16H26N2O4S/c1-4-17-12-13-5-7-18(8-6-13)23(19,20)16-10-14(21-2)9-15(11-16)22-3/h9-11,13,17H,4-8,12H2,1-3H3. The first kappa shape index (κ1) is 18.0. The van der Waals surface area contributed by atoms with Crippen LogP contribution in [-0.4, -0.2) is 53.1 Å².